The summed E-state index contributed by atoms with van der Waals surface area (Å²) in [7, 11) is 0. The lowest BCUT2D eigenvalue weighted by atomic mass is 9.86. The summed E-state index contributed by atoms with van der Waals surface area (Å²) in [6.45, 7) is 10.5. The van der Waals surface area contributed by atoms with Gasteiger partial charge in [0.25, 0.3) is 0 Å². The van der Waals surface area contributed by atoms with Gasteiger partial charge in [-0.15, -0.1) is 0 Å². The van der Waals surface area contributed by atoms with Gasteiger partial charge < -0.3 is 26.4 Å². The molecule has 0 radical (unpaired) electrons. The van der Waals surface area contributed by atoms with E-state index >= 15 is 0 Å². The maximum Gasteiger partial charge on any atom is 0.407 e. The summed E-state index contributed by atoms with van der Waals surface area (Å²) in [5, 5.41) is 3.04. The zero-order valence-corrected chi connectivity index (χ0v) is 27.5. The van der Waals surface area contributed by atoms with Crippen molar-refractivity contribution in [3.63, 3.8) is 0 Å². The maximum atomic E-state index is 12.2. The molecule has 1 aliphatic carbocycles. The highest BCUT2D eigenvalue weighted by Gasteiger charge is 2.28. The molecule has 1 saturated carbocycles. The van der Waals surface area contributed by atoms with Crippen LogP contribution in [0.4, 0.5) is 27.8 Å². The number of alkyl carbamates (subject to hydrolysis) is 1. The van der Waals surface area contributed by atoms with Gasteiger partial charge in [0, 0.05) is 54.7 Å². The number of carbonyl (C=O) groups is 1. The number of likely N-dealkylation sites (tertiary alicyclic amines) is 1. The Morgan fingerprint density at radius 1 is 1.02 bits per heavy atom. The molecule has 5 N–H and O–H groups in total. The summed E-state index contributed by atoms with van der Waals surface area (Å²) in [5.74, 6) is 1.77. The zero-order valence-electron chi connectivity index (χ0n) is 27.5. The smallest absolute Gasteiger partial charge is 0.407 e. The lowest BCUT2D eigenvalue weighted by molar-refractivity contribution is 0.0477. The molecule has 2 aromatic heterocycles. The predicted molar refractivity (Wildman–Crippen MR) is 182 cm³/mol. The Morgan fingerprint density at radius 2 is 1.73 bits per heavy atom. The van der Waals surface area contributed by atoms with Crippen LogP contribution in [0.1, 0.15) is 108 Å². The minimum atomic E-state index is -0.492. The Labute approximate surface area is 268 Å². The van der Waals surface area contributed by atoms with Crippen molar-refractivity contribution in [3.8, 4) is 0 Å². The van der Waals surface area contributed by atoms with Crippen molar-refractivity contribution in [1.29, 1.82) is 0 Å². The van der Waals surface area contributed by atoms with E-state index in [1.807, 2.05) is 32.9 Å². The second-order valence-corrected chi connectivity index (χ2v) is 13.6. The first-order valence-electron chi connectivity index (χ1n) is 16.7. The van der Waals surface area contributed by atoms with Gasteiger partial charge in [0.2, 0.25) is 0 Å². The number of carbonyl (C=O) groups excluding carboxylic acids is 1. The highest BCUT2D eigenvalue weighted by Crippen LogP contribution is 2.42. The average molecular weight is 614 g/mol. The van der Waals surface area contributed by atoms with Crippen molar-refractivity contribution in [3.05, 3.63) is 71.5 Å². The molecule has 5 rings (SSSR count). The van der Waals surface area contributed by atoms with E-state index in [1.54, 1.807) is 6.20 Å². The monoisotopic (exact) mass is 613 g/mol. The highest BCUT2D eigenvalue weighted by atomic mass is 16.6. The predicted octanol–water partition coefficient (Wildman–Crippen LogP) is 7.47. The minimum Gasteiger partial charge on any atom is -0.444 e. The maximum absolute atomic E-state index is 12.2. The standard InChI is InChI=1S/C36H51N7O2/c1-5-32(29-12-9-21-39-33(29)38)43(34-30(37)17-18-31(41-34)26-10-7-6-8-11-26)28-15-13-25(14-16-28)24-42-22-19-27(20-23-42)40-35(44)45-36(2,3)4/h9,12-18,21,26-27,32H,5-8,10-11,19-20,22-24,37H2,1-4H3,(H2,38,39)(H,40,44). The van der Waals surface area contributed by atoms with E-state index in [-0.39, 0.29) is 18.2 Å². The van der Waals surface area contributed by atoms with Gasteiger partial charge in [0.1, 0.15) is 11.4 Å². The third-order valence-corrected chi connectivity index (χ3v) is 9.04. The number of rotatable bonds is 9. The Morgan fingerprint density at radius 3 is 2.38 bits per heavy atom. The zero-order chi connectivity index (χ0) is 32.0. The molecule has 0 spiro atoms. The van der Waals surface area contributed by atoms with Gasteiger partial charge in [-0.2, -0.15) is 0 Å². The van der Waals surface area contributed by atoms with Gasteiger partial charge in [-0.1, -0.05) is 44.4 Å². The Kier molecular flexibility index (Phi) is 10.5. The van der Waals surface area contributed by atoms with Gasteiger partial charge >= 0.3 is 6.09 Å². The molecular weight excluding hydrogens is 562 g/mol. The van der Waals surface area contributed by atoms with E-state index in [0.29, 0.717) is 17.4 Å². The molecule has 2 fully saturated rings. The second kappa shape index (κ2) is 14.5. The largest absolute Gasteiger partial charge is 0.444 e. The molecule has 45 heavy (non-hydrogen) atoms. The molecule has 2 aliphatic rings. The minimum absolute atomic E-state index is 0.0857. The molecule has 1 saturated heterocycles. The molecule has 1 unspecified atom stereocenters. The Balaban J connectivity index is 1.35. The quantitative estimate of drug-likeness (QED) is 0.227. The summed E-state index contributed by atoms with van der Waals surface area (Å²) in [6.07, 6.45) is 10.2. The fraction of sp³-hybridized carbons (Fsp3) is 0.528. The number of benzene rings is 1. The molecular formula is C36H51N7O2. The molecule has 242 valence electrons. The molecule has 3 heterocycles. The molecule has 1 aliphatic heterocycles. The number of aromatic nitrogens is 2. The van der Waals surface area contributed by atoms with E-state index in [0.717, 1.165) is 61.7 Å². The fourth-order valence-electron chi connectivity index (χ4n) is 6.73. The number of hydrogen-bond acceptors (Lipinski definition) is 8. The van der Waals surface area contributed by atoms with Gasteiger partial charge in [-0.3, -0.25) is 4.90 Å². The van der Waals surface area contributed by atoms with E-state index < -0.39 is 5.60 Å². The summed E-state index contributed by atoms with van der Waals surface area (Å²) in [4.78, 5) is 26.6. The van der Waals surface area contributed by atoms with E-state index in [9.17, 15) is 4.79 Å². The molecule has 9 nitrogen and oxygen atoms in total. The van der Waals surface area contributed by atoms with Crippen molar-refractivity contribution < 1.29 is 9.53 Å². The fourth-order valence-corrected chi connectivity index (χ4v) is 6.73. The molecule has 1 amide bonds. The third-order valence-electron chi connectivity index (χ3n) is 9.04. The third kappa shape index (κ3) is 8.45. The average Bonchev–Trinajstić information content (AvgIpc) is 3.02. The van der Waals surface area contributed by atoms with Crippen LogP contribution in [-0.4, -0.2) is 45.7 Å². The second-order valence-electron chi connectivity index (χ2n) is 13.6. The number of piperidine rings is 1. The van der Waals surface area contributed by atoms with Crippen LogP contribution >= 0.6 is 0 Å². The van der Waals surface area contributed by atoms with E-state index in [1.165, 1.54) is 37.7 Å². The number of nitrogen functional groups attached to an aromatic ring is 2. The number of nitrogens with zero attached hydrogens (tertiary/aromatic N) is 4. The summed E-state index contributed by atoms with van der Waals surface area (Å²) >= 11 is 0. The van der Waals surface area contributed by atoms with Crippen LogP contribution in [0.3, 0.4) is 0 Å². The van der Waals surface area contributed by atoms with Crippen molar-refractivity contribution in [2.24, 2.45) is 0 Å². The van der Waals surface area contributed by atoms with Crippen LogP contribution in [0, 0.1) is 0 Å². The molecule has 0 bridgehead atoms. The SMILES string of the molecule is CCC(c1cccnc1N)N(c1ccc(CN2CCC(NC(=O)OC(C)(C)C)CC2)cc1)c1nc(C2CCCCC2)ccc1N. The van der Waals surface area contributed by atoms with E-state index in [4.69, 9.17) is 21.2 Å². The Hall–Kier alpha value is -3.85. The number of hydrogen-bond donors (Lipinski definition) is 3. The van der Waals surface area contributed by atoms with E-state index in [2.05, 4.69) is 63.4 Å². The molecule has 1 atom stereocenters. The summed E-state index contributed by atoms with van der Waals surface area (Å²) < 4.78 is 5.44. The van der Waals surface area contributed by atoms with Gasteiger partial charge in [-0.05, 0) is 88.8 Å². The van der Waals surface area contributed by atoms with Crippen LogP contribution in [-0.2, 0) is 11.3 Å². The molecule has 3 aromatic rings. The first-order chi connectivity index (χ1) is 21.6. The lowest BCUT2D eigenvalue weighted by Crippen LogP contribution is -2.45. The number of anilines is 4. The van der Waals surface area contributed by atoms with Crippen molar-refractivity contribution in [2.75, 3.05) is 29.5 Å². The highest BCUT2D eigenvalue weighted by molar-refractivity contribution is 5.73. The Bertz CT molecular complexity index is 1410. The van der Waals surface area contributed by atoms with Crippen molar-refractivity contribution in [1.82, 2.24) is 20.2 Å². The first kappa shape index (κ1) is 32.5. The topological polar surface area (TPSA) is 123 Å². The van der Waals surface area contributed by atoms with Crippen LogP contribution < -0.4 is 21.7 Å². The molecule has 9 heteroatoms. The number of nitrogens with one attached hydrogen (secondary N) is 1. The lowest BCUT2D eigenvalue weighted by Gasteiger charge is -2.35. The van der Waals surface area contributed by atoms with Crippen LogP contribution in [0.2, 0.25) is 0 Å². The van der Waals surface area contributed by atoms with Crippen LogP contribution in [0.25, 0.3) is 0 Å². The van der Waals surface area contributed by atoms with Crippen molar-refractivity contribution in [2.45, 2.75) is 109 Å². The van der Waals surface area contributed by atoms with Crippen molar-refractivity contribution >= 4 is 29.1 Å². The van der Waals surface area contributed by atoms with Gasteiger partial charge in [-0.25, -0.2) is 14.8 Å². The van der Waals surface area contributed by atoms with Crippen LogP contribution in [0.5, 0.6) is 0 Å². The number of amides is 1. The number of nitrogens with two attached hydrogens (primary N) is 2. The number of pyridine rings is 2. The number of ether oxygens (including phenoxy) is 1. The van der Waals surface area contributed by atoms with Crippen LogP contribution in [0.15, 0.2) is 54.7 Å². The normalized spacial score (nSPS) is 17.5. The van der Waals surface area contributed by atoms with Gasteiger partial charge in [0.05, 0.1) is 11.7 Å². The summed E-state index contributed by atoms with van der Waals surface area (Å²) in [5.41, 5.74) is 17.7. The summed E-state index contributed by atoms with van der Waals surface area (Å²) in [6, 6.07) is 16.9. The first-order valence-corrected chi connectivity index (χ1v) is 16.7. The molecule has 1 aromatic carbocycles. The van der Waals surface area contributed by atoms with Gasteiger partial charge in [0.15, 0.2) is 5.82 Å².